The summed E-state index contributed by atoms with van der Waals surface area (Å²) < 4.78 is 13.4. The van der Waals surface area contributed by atoms with Crippen molar-refractivity contribution in [1.29, 1.82) is 0 Å². The van der Waals surface area contributed by atoms with Crippen LogP contribution in [-0.4, -0.2) is 52.9 Å². The summed E-state index contributed by atoms with van der Waals surface area (Å²) in [6, 6.07) is 13.0. The van der Waals surface area contributed by atoms with Crippen LogP contribution in [0.3, 0.4) is 0 Å². The summed E-state index contributed by atoms with van der Waals surface area (Å²) in [5.41, 5.74) is 0.902. The number of benzene rings is 2. The monoisotopic (exact) mass is 451 g/mol. The number of para-hydroxylation sites is 1. The summed E-state index contributed by atoms with van der Waals surface area (Å²) >= 11 is 0. The van der Waals surface area contributed by atoms with Gasteiger partial charge in [0.05, 0.1) is 37.1 Å². The molecule has 0 bridgehead atoms. The SMILES string of the molecule is CCn1c(=O)n(CC(=O)N2CC[NH+](Cc3ccc4c(c3)OCO4)CC2)c(=O)c2ccccc21. The maximum Gasteiger partial charge on any atom is 0.331 e. The first-order valence-electron chi connectivity index (χ1n) is 11.3. The van der Waals surface area contributed by atoms with Crippen LogP contribution in [0.5, 0.6) is 11.5 Å². The Labute approximate surface area is 190 Å². The number of nitrogens with one attached hydrogen (secondary N) is 1. The van der Waals surface area contributed by atoms with Crippen molar-refractivity contribution in [2.45, 2.75) is 26.6 Å². The normalized spacial score (nSPS) is 15.8. The predicted molar refractivity (Wildman–Crippen MR) is 122 cm³/mol. The molecule has 3 aromatic rings. The minimum Gasteiger partial charge on any atom is -0.454 e. The minimum absolute atomic E-state index is 0.200. The summed E-state index contributed by atoms with van der Waals surface area (Å²) in [4.78, 5) is 41.9. The molecular formula is C24H27N4O5+. The van der Waals surface area contributed by atoms with Gasteiger partial charge in [-0.25, -0.2) is 4.79 Å². The van der Waals surface area contributed by atoms with Crippen molar-refractivity contribution in [2.24, 2.45) is 0 Å². The smallest absolute Gasteiger partial charge is 0.331 e. The molecule has 0 saturated carbocycles. The number of piperazine rings is 1. The lowest BCUT2D eigenvalue weighted by Crippen LogP contribution is -3.13. The third kappa shape index (κ3) is 4.00. The number of rotatable bonds is 5. The second-order valence-corrected chi connectivity index (χ2v) is 8.43. The number of carbonyl (C=O) groups excluding carboxylic acids is 1. The lowest BCUT2D eigenvalue weighted by molar-refractivity contribution is -0.917. The minimum atomic E-state index is -0.443. The average molecular weight is 452 g/mol. The molecule has 2 aromatic carbocycles. The Hall–Kier alpha value is -3.59. The van der Waals surface area contributed by atoms with Crippen molar-refractivity contribution in [3.05, 3.63) is 68.9 Å². The molecule has 0 radical (unpaired) electrons. The number of nitrogens with zero attached hydrogens (tertiary/aromatic N) is 3. The first-order valence-corrected chi connectivity index (χ1v) is 11.3. The Morgan fingerprint density at radius 1 is 1.00 bits per heavy atom. The first kappa shape index (κ1) is 21.3. The van der Waals surface area contributed by atoms with Gasteiger partial charge >= 0.3 is 5.69 Å². The zero-order valence-corrected chi connectivity index (χ0v) is 18.6. The van der Waals surface area contributed by atoms with Gasteiger partial charge in [-0.05, 0) is 37.3 Å². The van der Waals surface area contributed by atoms with E-state index in [0.717, 1.165) is 41.3 Å². The third-order valence-electron chi connectivity index (χ3n) is 6.46. The van der Waals surface area contributed by atoms with Gasteiger partial charge in [-0.2, -0.15) is 0 Å². The van der Waals surface area contributed by atoms with Gasteiger partial charge in [-0.1, -0.05) is 12.1 Å². The molecule has 172 valence electrons. The maximum absolute atomic E-state index is 13.0. The number of hydrogen-bond acceptors (Lipinski definition) is 5. The maximum atomic E-state index is 13.0. The van der Waals surface area contributed by atoms with E-state index in [1.165, 1.54) is 9.47 Å². The van der Waals surface area contributed by atoms with Crippen LogP contribution in [0.4, 0.5) is 0 Å². The van der Waals surface area contributed by atoms with Crippen LogP contribution >= 0.6 is 0 Å². The van der Waals surface area contributed by atoms with Gasteiger partial charge in [0.2, 0.25) is 12.7 Å². The highest BCUT2D eigenvalue weighted by Crippen LogP contribution is 2.32. The highest BCUT2D eigenvalue weighted by Gasteiger charge is 2.26. The molecule has 0 aliphatic carbocycles. The molecule has 0 unspecified atom stereocenters. The van der Waals surface area contributed by atoms with Crippen LogP contribution < -0.4 is 25.6 Å². The number of hydrogen-bond donors (Lipinski definition) is 1. The Bertz CT molecular complexity index is 1320. The fraction of sp³-hybridized carbons (Fsp3) is 0.375. The molecule has 1 fully saturated rings. The first-order chi connectivity index (χ1) is 16.0. The number of carbonyl (C=O) groups is 1. The molecule has 1 aromatic heterocycles. The van der Waals surface area contributed by atoms with E-state index >= 15 is 0 Å². The van der Waals surface area contributed by atoms with Gasteiger partial charge in [0.15, 0.2) is 11.5 Å². The van der Waals surface area contributed by atoms with E-state index < -0.39 is 11.2 Å². The Morgan fingerprint density at radius 3 is 2.55 bits per heavy atom. The molecular weight excluding hydrogens is 424 g/mol. The summed E-state index contributed by atoms with van der Waals surface area (Å²) in [6.07, 6.45) is 0. The van der Waals surface area contributed by atoms with Crippen LogP contribution in [0.15, 0.2) is 52.1 Å². The second kappa shape index (κ2) is 8.74. The van der Waals surface area contributed by atoms with Crippen molar-refractivity contribution >= 4 is 16.8 Å². The van der Waals surface area contributed by atoms with Gasteiger partial charge in [0.1, 0.15) is 13.1 Å². The van der Waals surface area contributed by atoms with Gasteiger partial charge in [-0.3, -0.25) is 18.7 Å². The Balaban J connectivity index is 1.26. The van der Waals surface area contributed by atoms with Crippen molar-refractivity contribution < 1.29 is 19.2 Å². The highest BCUT2D eigenvalue weighted by molar-refractivity contribution is 5.79. The molecule has 0 atom stereocenters. The van der Waals surface area contributed by atoms with Crippen LogP contribution in [-0.2, 0) is 24.4 Å². The van der Waals surface area contributed by atoms with Crippen molar-refractivity contribution in [2.75, 3.05) is 33.0 Å². The van der Waals surface area contributed by atoms with E-state index in [0.29, 0.717) is 30.5 Å². The van der Waals surface area contributed by atoms with Gasteiger partial charge in [-0.15, -0.1) is 0 Å². The topological polar surface area (TPSA) is 87.2 Å². The Morgan fingerprint density at radius 2 is 1.76 bits per heavy atom. The zero-order chi connectivity index (χ0) is 22.9. The van der Waals surface area contributed by atoms with Crippen LogP contribution in [0.1, 0.15) is 12.5 Å². The molecule has 1 amide bonds. The third-order valence-corrected chi connectivity index (χ3v) is 6.46. The lowest BCUT2D eigenvalue weighted by Gasteiger charge is -2.32. The molecule has 3 heterocycles. The molecule has 9 nitrogen and oxygen atoms in total. The van der Waals surface area contributed by atoms with Crippen molar-refractivity contribution in [1.82, 2.24) is 14.0 Å². The van der Waals surface area contributed by atoms with E-state index in [4.69, 9.17) is 9.47 Å². The standard InChI is InChI=1S/C24H26N4O5/c1-2-27-19-6-4-3-5-18(19)23(30)28(24(27)31)15-22(29)26-11-9-25(10-12-26)14-17-7-8-20-21(13-17)33-16-32-20/h3-8,13H,2,9-12,14-16H2,1H3/p+1. The van der Waals surface area contributed by atoms with Crippen molar-refractivity contribution in [3.8, 4) is 11.5 Å². The summed E-state index contributed by atoms with van der Waals surface area (Å²) in [7, 11) is 0. The number of aryl methyl sites for hydroxylation is 1. The second-order valence-electron chi connectivity index (χ2n) is 8.43. The van der Waals surface area contributed by atoms with Gasteiger partial charge < -0.3 is 19.3 Å². The van der Waals surface area contributed by atoms with Crippen LogP contribution in [0, 0.1) is 0 Å². The molecule has 5 rings (SSSR count). The molecule has 1 N–H and O–H groups in total. The quantitative estimate of drug-likeness (QED) is 0.583. The molecule has 0 spiro atoms. The molecule has 1 saturated heterocycles. The number of ether oxygens (including phenoxy) is 2. The molecule has 9 heteroatoms. The number of aromatic nitrogens is 2. The summed E-state index contributed by atoms with van der Waals surface area (Å²) in [6.45, 7) is 5.91. The zero-order valence-electron chi connectivity index (χ0n) is 18.6. The summed E-state index contributed by atoms with van der Waals surface area (Å²) in [5, 5.41) is 0.449. The largest absolute Gasteiger partial charge is 0.454 e. The molecule has 2 aliphatic rings. The van der Waals surface area contributed by atoms with Gasteiger partial charge in [0.25, 0.3) is 5.56 Å². The average Bonchev–Trinajstić information content (AvgIpc) is 3.30. The molecule has 2 aliphatic heterocycles. The Kier molecular flexibility index (Phi) is 5.63. The fourth-order valence-electron chi connectivity index (χ4n) is 4.64. The number of amides is 1. The number of fused-ring (bicyclic) bond motifs is 2. The van der Waals surface area contributed by atoms with E-state index in [1.54, 1.807) is 29.2 Å². The van der Waals surface area contributed by atoms with E-state index in [-0.39, 0.29) is 19.2 Å². The van der Waals surface area contributed by atoms with E-state index in [9.17, 15) is 14.4 Å². The van der Waals surface area contributed by atoms with E-state index in [2.05, 4.69) is 0 Å². The van der Waals surface area contributed by atoms with Crippen molar-refractivity contribution in [3.63, 3.8) is 0 Å². The van der Waals surface area contributed by atoms with Crippen LogP contribution in [0.2, 0.25) is 0 Å². The summed E-state index contributed by atoms with van der Waals surface area (Å²) in [5.74, 6) is 1.35. The lowest BCUT2D eigenvalue weighted by atomic mass is 10.1. The van der Waals surface area contributed by atoms with Crippen LogP contribution in [0.25, 0.3) is 10.9 Å². The van der Waals surface area contributed by atoms with E-state index in [1.807, 2.05) is 25.1 Å². The molecule has 33 heavy (non-hydrogen) atoms. The fourth-order valence-corrected chi connectivity index (χ4v) is 4.64. The highest BCUT2D eigenvalue weighted by atomic mass is 16.7. The predicted octanol–water partition coefficient (Wildman–Crippen LogP) is -0.161. The van der Waals surface area contributed by atoms with Gasteiger partial charge in [0, 0.05) is 12.1 Å². The number of quaternary nitrogens is 1.